The van der Waals surface area contributed by atoms with Crippen LogP contribution in [0.2, 0.25) is 5.02 Å². The van der Waals surface area contributed by atoms with E-state index in [4.69, 9.17) is 11.6 Å². The number of halogens is 1. The van der Waals surface area contributed by atoms with Crippen molar-refractivity contribution in [1.29, 1.82) is 0 Å². The van der Waals surface area contributed by atoms with Gasteiger partial charge in [-0.1, -0.05) is 23.7 Å². The quantitative estimate of drug-likeness (QED) is 0.915. The minimum Gasteiger partial charge on any atom is -0.349 e. The maximum Gasteiger partial charge on any atom is 0.225 e. The van der Waals surface area contributed by atoms with Crippen LogP contribution in [0.15, 0.2) is 24.3 Å². The number of nitrogens with zero attached hydrogens (tertiary/aromatic N) is 2. The van der Waals surface area contributed by atoms with Gasteiger partial charge in [-0.3, -0.25) is 9.59 Å². The largest absolute Gasteiger partial charge is 0.349 e. The van der Waals surface area contributed by atoms with Crippen molar-refractivity contribution in [3.05, 3.63) is 34.9 Å². The van der Waals surface area contributed by atoms with Gasteiger partial charge in [-0.05, 0) is 31.7 Å². The summed E-state index contributed by atoms with van der Waals surface area (Å²) in [5.74, 6) is -0.0801. The Morgan fingerprint density at radius 3 is 2.52 bits per heavy atom. The maximum absolute atomic E-state index is 12.7. The Bertz CT molecular complexity index is 561. The van der Waals surface area contributed by atoms with Crippen molar-refractivity contribution in [2.75, 3.05) is 26.7 Å². The van der Waals surface area contributed by atoms with Crippen molar-refractivity contribution in [2.24, 2.45) is 0 Å². The lowest BCUT2D eigenvalue weighted by molar-refractivity contribution is -0.136. The fourth-order valence-electron chi connectivity index (χ4n) is 2.99. The zero-order valence-corrected chi connectivity index (χ0v) is 14.6. The minimum absolute atomic E-state index is 0.0688. The molecule has 0 unspecified atom stereocenters. The second-order valence-electron chi connectivity index (χ2n) is 6.21. The van der Waals surface area contributed by atoms with Gasteiger partial charge in [0.05, 0.1) is 12.5 Å². The molecule has 1 aromatic rings. The predicted molar refractivity (Wildman–Crippen MR) is 91.3 cm³/mol. The lowest BCUT2D eigenvalue weighted by Gasteiger charge is -2.39. The molecule has 23 heavy (non-hydrogen) atoms. The van der Waals surface area contributed by atoms with Crippen LogP contribution in [0.25, 0.3) is 0 Å². The summed E-state index contributed by atoms with van der Waals surface area (Å²) in [6.45, 7) is 6.00. The molecule has 0 radical (unpaired) electrons. The molecule has 0 spiro atoms. The summed E-state index contributed by atoms with van der Waals surface area (Å²) >= 11 is 5.92. The Morgan fingerprint density at radius 2 is 1.96 bits per heavy atom. The van der Waals surface area contributed by atoms with E-state index in [0.29, 0.717) is 5.02 Å². The number of hydrogen-bond acceptors (Lipinski definition) is 3. The molecule has 1 heterocycles. The molecule has 1 N–H and O–H groups in total. The molecule has 0 aliphatic carbocycles. The van der Waals surface area contributed by atoms with Crippen LogP contribution in [0, 0.1) is 0 Å². The lowest BCUT2D eigenvalue weighted by Crippen LogP contribution is -2.53. The average Bonchev–Trinajstić information content (AvgIpc) is 2.46. The molecule has 126 valence electrons. The summed E-state index contributed by atoms with van der Waals surface area (Å²) in [7, 11) is 2.06. The SMILES string of the molecule is CC(=O)N[C@@H](CC(=O)N1CCN(C)C[C@H]1C)c1ccc(Cl)cc1. The van der Waals surface area contributed by atoms with E-state index in [1.165, 1.54) is 6.92 Å². The van der Waals surface area contributed by atoms with Crippen molar-refractivity contribution < 1.29 is 9.59 Å². The zero-order chi connectivity index (χ0) is 17.0. The topological polar surface area (TPSA) is 52.7 Å². The van der Waals surface area contributed by atoms with Crippen LogP contribution >= 0.6 is 11.6 Å². The van der Waals surface area contributed by atoms with Gasteiger partial charge in [-0.2, -0.15) is 0 Å². The summed E-state index contributed by atoms with van der Waals surface area (Å²) in [6, 6.07) is 7.10. The molecule has 1 aromatic carbocycles. The van der Waals surface area contributed by atoms with E-state index in [9.17, 15) is 9.59 Å². The van der Waals surface area contributed by atoms with Crippen molar-refractivity contribution in [3.8, 4) is 0 Å². The van der Waals surface area contributed by atoms with Crippen molar-refractivity contribution in [3.63, 3.8) is 0 Å². The van der Waals surface area contributed by atoms with Gasteiger partial charge < -0.3 is 15.1 Å². The predicted octanol–water partition coefficient (Wildman–Crippen LogP) is 2.07. The van der Waals surface area contributed by atoms with E-state index in [0.717, 1.165) is 25.2 Å². The van der Waals surface area contributed by atoms with E-state index >= 15 is 0 Å². The van der Waals surface area contributed by atoms with Gasteiger partial charge in [0.2, 0.25) is 11.8 Å². The number of benzene rings is 1. The molecular weight excluding hydrogens is 314 g/mol. The molecule has 0 bridgehead atoms. The van der Waals surface area contributed by atoms with Crippen LogP contribution in [0.4, 0.5) is 0 Å². The minimum atomic E-state index is -0.330. The van der Waals surface area contributed by atoms with Gasteiger partial charge >= 0.3 is 0 Å². The van der Waals surface area contributed by atoms with E-state index in [1.54, 1.807) is 12.1 Å². The van der Waals surface area contributed by atoms with Crippen LogP contribution in [-0.4, -0.2) is 54.3 Å². The number of piperazine rings is 1. The van der Waals surface area contributed by atoms with E-state index in [2.05, 4.69) is 24.2 Å². The van der Waals surface area contributed by atoms with E-state index < -0.39 is 0 Å². The fourth-order valence-corrected chi connectivity index (χ4v) is 3.12. The average molecular weight is 338 g/mol. The molecule has 0 aromatic heterocycles. The number of rotatable bonds is 4. The van der Waals surface area contributed by atoms with Crippen LogP contribution < -0.4 is 5.32 Å². The number of carbonyl (C=O) groups is 2. The molecular formula is C17H24ClN3O2. The molecule has 2 amide bonds. The third-order valence-corrected chi connectivity index (χ3v) is 4.43. The number of amides is 2. The first-order valence-electron chi connectivity index (χ1n) is 7.87. The van der Waals surface area contributed by atoms with Gasteiger partial charge in [0.1, 0.15) is 0 Å². The molecule has 1 saturated heterocycles. The van der Waals surface area contributed by atoms with Gasteiger partial charge in [-0.25, -0.2) is 0 Å². The van der Waals surface area contributed by atoms with Gasteiger partial charge in [0.15, 0.2) is 0 Å². The Hall–Kier alpha value is -1.59. The number of hydrogen-bond donors (Lipinski definition) is 1. The summed E-state index contributed by atoms with van der Waals surface area (Å²) in [6.07, 6.45) is 0.259. The van der Waals surface area contributed by atoms with Crippen molar-refractivity contribution in [1.82, 2.24) is 15.1 Å². The summed E-state index contributed by atoms with van der Waals surface area (Å²) in [5.41, 5.74) is 0.889. The van der Waals surface area contributed by atoms with Gasteiger partial charge in [0.25, 0.3) is 0 Å². The molecule has 6 heteroatoms. The fraction of sp³-hybridized carbons (Fsp3) is 0.529. The highest BCUT2D eigenvalue weighted by atomic mass is 35.5. The van der Waals surface area contributed by atoms with Gasteiger partial charge in [-0.15, -0.1) is 0 Å². The Morgan fingerprint density at radius 1 is 1.30 bits per heavy atom. The zero-order valence-electron chi connectivity index (χ0n) is 13.9. The molecule has 0 saturated carbocycles. The van der Waals surface area contributed by atoms with E-state index in [-0.39, 0.29) is 30.3 Å². The van der Waals surface area contributed by atoms with Crippen LogP contribution in [0.1, 0.15) is 31.9 Å². The third-order valence-electron chi connectivity index (χ3n) is 4.18. The highest BCUT2D eigenvalue weighted by Crippen LogP contribution is 2.21. The summed E-state index contributed by atoms with van der Waals surface area (Å²) < 4.78 is 0. The third kappa shape index (κ3) is 4.94. The number of nitrogens with one attached hydrogen (secondary N) is 1. The second kappa shape index (κ2) is 7.79. The van der Waals surface area contributed by atoms with E-state index in [1.807, 2.05) is 17.0 Å². The standard InChI is InChI=1S/C17H24ClN3O2/c1-12-11-20(3)8-9-21(12)17(23)10-16(19-13(2)22)14-4-6-15(18)7-5-14/h4-7,12,16H,8-11H2,1-3H3,(H,19,22)/t12-,16+/m1/s1. The Labute approximate surface area is 142 Å². The first kappa shape index (κ1) is 17.8. The Kier molecular flexibility index (Phi) is 6.02. The van der Waals surface area contributed by atoms with Crippen molar-refractivity contribution >= 4 is 23.4 Å². The Balaban J connectivity index is 2.09. The lowest BCUT2D eigenvalue weighted by atomic mass is 10.0. The normalized spacial score (nSPS) is 20.2. The van der Waals surface area contributed by atoms with Gasteiger partial charge in [0, 0.05) is 37.6 Å². The first-order valence-corrected chi connectivity index (χ1v) is 8.25. The molecule has 2 atom stereocenters. The highest BCUT2D eigenvalue weighted by molar-refractivity contribution is 6.30. The monoisotopic (exact) mass is 337 g/mol. The molecule has 1 fully saturated rings. The molecule has 5 nitrogen and oxygen atoms in total. The number of carbonyl (C=O) groups excluding carboxylic acids is 2. The van der Waals surface area contributed by atoms with Crippen LogP contribution in [0.3, 0.4) is 0 Å². The smallest absolute Gasteiger partial charge is 0.225 e. The summed E-state index contributed by atoms with van der Waals surface area (Å²) in [5, 5.41) is 3.50. The number of likely N-dealkylation sites (N-methyl/N-ethyl adjacent to an activating group) is 1. The first-order chi connectivity index (χ1) is 10.9. The van der Waals surface area contributed by atoms with Crippen LogP contribution in [-0.2, 0) is 9.59 Å². The highest BCUT2D eigenvalue weighted by Gasteiger charge is 2.28. The summed E-state index contributed by atoms with van der Waals surface area (Å²) in [4.78, 5) is 28.3. The van der Waals surface area contributed by atoms with Crippen molar-refractivity contribution in [2.45, 2.75) is 32.4 Å². The van der Waals surface area contributed by atoms with Crippen LogP contribution in [0.5, 0.6) is 0 Å². The maximum atomic E-state index is 12.7. The second-order valence-corrected chi connectivity index (χ2v) is 6.64. The molecule has 1 aliphatic rings. The molecule has 2 rings (SSSR count). The molecule has 1 aliphatic heterocycles.